The number of benzene rings is 1. The van der Waals surface area contributed by atoms with Crippen LogP contribution in [-0.2, 0) is 6.18 Å². The summed E-state index contributed by atoms with van der Waals surface area (Å²) >= 11 is 3.47. The first-order chi connectivity index (χ1) is 6.38. The number of thiol groups is 1. The molecule has 0 N–H and O–H groups in total. The second-order valence-electron chi connectivity index (χ2n) is 2.43. The van der Waals surface area contributed by atoms with Crippen LogP contribution in [0.1, 0.15) is 11.1 Å². The average Bonchev–Trinajstić information content (AvgIpc) is 2.02. The smallest absolute Gasteiger partial charge is 0.206 e. The van der Waals surface area contributed by atoms with Crippen LogP contribution in [0.5, 0.6) is 0 Å². The van der Waals surface area contributed by atoms with E-state index < -0.39 is 22.5 Å². The molecule has 0 heterocycles. The number of alkyl halides is 3. The first kappa shape index (κ1) is 10.9. The van der Waals surface area contributed by atoms with E-state index >= 15 is 0 Å². The van der Waals surface area contributed by atoms with Crippen LogP contribution < -0.4 is 0 Å². The number of hydrogen-bond acceptors (Lipinski definition) is 2. The highest BCUT2D eigenvalue weighted by Crippen LogP contribution is 2.36. The summed E-state index contributed by atoms with van der Waals surface area (Å²) in [6, 6.07) is 3.04. The number of halogens is 4. The molecule has 0 atom stereocenters. The van der Waals surface area contributed by atoms with Gasteiger partial charge in [0.25, 0.3) is 0 Å². The Morgan fingerprint density at radius 2 is 1.86 bits per heavy atom. The number of nitriles is 1. The van der Waals surface area contributed by atoms with Crippen LogP contribution in [0.15, 0.2) is 17.0 Å². The molecule has 0 saturated carbocycles. The fourth-order valence-corrected chi connectivity index (χ4v) is 1.28. The molecule has 0 amide bonds. The van der Waals surface area contributed by atoms with Gasteiger partial charge in [0.1, 0.15) is 17.4 Å². The van der Waals surface area contributed by atoms with E-state index in [2.05, 4.69) is 12.6 Å². The van der Waals surface area contributed by atoms with Gasteiger partial charge in [-0.25, -0.2) is 4.39 Å². The summed E-state index contributed by atoms with van der Waals surface area (Å²) in [5, 5.41) is 8.41. The molecule has 1 aromatic carbocycles. The Morgan fingerprint density at radius 1 is 1.29 bits per heavy atom. The average molecular weight is 221 g/mol. The highest BCUT2D eigenvalue weighted by molar-refractivity contribution is 7.80. The summed E-state index contributed by atoms with van der Waals surface area (Å²) in [6.45, 7) is 0. The van der Waals surface area contributed by atoms with Crippen molar-refractivity contribution in [2.24, 2.45) is 0 Å². The van der Waals surface area contributed by atoms with E-state index in [0.29, 0.717) is 6.07 Å². The SMILES string of the molecule is N#Cc1ccc(F)c(C(F)(F)F)c1S. The molecule has 74 valence electrons. The second-order valence-corrected chi connectivity index (χ2v) is 2.88. The Hall–Kier alpha value is -1.22. The van der Waals surface area contributed by atoms with Crippen molar-refractivity contribution in [2.75, 3.05) is 0 Å². The lowest BCUT2D eigenvalue weighted by molar-refractivity contribution is -0.142. The first-order valence-electron chi connectivity index (χ1n) is 3.36. The van der Waals surface area contributed by atoms with Crippen LogP contribution >= 0.6 is 12.6 Å². The molecule has 0 spiro atoms. The predicted molar refractivity (Wildman–Crippen MR) is 43.4 cm³/mol. The monoisotopic (exact) mass is 221 g/mol. The molecular weight excluding hydrogens is 218 g/mol. The van der Waals surface area contributed by atoms with Crippen molar-refractivity contribution in [3.05, 3.63) is 29.1 Å². The van der Waals surface area contributed by atoms with Crippen LogP contribution in [-0.4, -0.2) is 0 Å². The van der Waals surface area contributed by atoms with Gasteiger partial charge in [-0.3, -0.25) is 0 Å². The molecule has 1 rings (SSSR count). The molecule has 14 heavy (non-hydrogen) atoms. The molecule has 0 bridgehead atoms. The maximum atomic E-state index is 12.8. The van der Waals surface area contributed by atoms with Gasteiger partial charge in [0, 0.05) is 4.90 Å². The standard InChI is InChI=1S/C8H3F4NS/c9-5-2-1-4(3-13)7(14)6(5)8(10,11)12/h1-2,14H. The fraction of sp³-hybridized carbons (Fsp3) is 0.125. The summed E-state index contributed by atoms with van der Waals surface area (Å²) in [5.74, 6) is -1.43. The lowest BCUT2D eigenvalue weighted by Gasteiger charge is -2.10. The van der Waals surface area contributed by atoms with Gasteiger partial charge in [-0.15, -0.1) is 12.6 Å². The van der Waals surface area contributed by atoms with Gasteiger partial charge in [-0.2, -0.15) is 18.4 Å². The Kier molecular flexibility index (Phi) is 2.71. The van der Waals surface area contributed by atoms with E-state index in [-0.39, 0.29) is 5.56 Å². The zero-order valence-corrected chi connectivity index (χ0v) is 7.46. The minimum atomic E-state index is -4.84. The summed E-state index contributed by atoms with van der Waals surface area (Å²) in [5.41, 5.74) is -1.80. The van der Waals surface area contributed by atoms with Crippen LogP contribution in [0, 0.1) is 17.1 Å². The molecule has 0 fully saturated rings. The maximum absolute atomic E-state index is 12.8. The lowest BCUT2D eigenvalue weighted by Crippen LogP contribution is -2.10. The van der Waals surface area contributed by atoms with Gasteiger partial charge in [-0.05, 0) is 12.1 Å². The molecule has 0 aliphatic heterocycles. The molecule has 6 heteroatoms. The van der Waals surface area contributed by atoms with E-state index in [1.54, 1.807) is 0 Å². The summed E-state index contributed by atoms with van der Waals surface area (Å²) < 4.78 is 49.5. The minimum absolute atomic E-state index is 0.304. The van der Waals surface area contributed by atoms with Crippen LogP contribution in [0.25, 0.3) is 0 Å². The zero-order valence-electron chi connectivity index (χ0n) is 6.56. The largest absolute Gasteiger partial charge is 0.420 e. The minimum Gasteiger partial charge on any atom is -0.206 e. The van der Waals surface area contributed by atoms with Crippen molar-refractivity contribution in [3.8, 4) is 6.07 Å². The van der Waals surface area contributed by atoms with Crippen LogP contribution in [0.4, 0.5) is 17.6 Å². The predicted octanol–water partition coefficient (Wildman–Crippen LogP) is 3.00. The van der Waals surface area contributed by atoms with Gasteiger partial charge >= 0.3 is 6.18 Å². The molecule has 0 aliphatic rings. The third kappa shape index (κ3) is 1.82. The molecule has 0 radical (unpaired) electrons. The van der Waals surface area contributed by atoms with Crippen molar-refractivity contribution in [1.82, 2.24) is 0 Å². The third-order valence-corrected chi connectivity index (χ3v) is 2.00. The molecule has 0 aliphatic carbocycles. The molecule has 0 saturated heterocycles. The Labute approximate surface area is 82.4 Å². The van der Waals surface area contributed by atoms with E-state index in [1.165, 1.54) is 6.07 Å². The maximum Gasteiger partial charge on any atom is 0.420 e. The van der Waals surface area contributed by atoms with Crippen molar-refractivity contribution < 1.29 is 17.6 Å². The van der Waals surface area contributed by atoms with E-state index in [1.807, 2.05) is 0 Å². The van der Waals surface area contributed by atoms with E-state index in [0.717, 1.165) is 6.07 Å². The highest BCUT2D eigenvalue weighted by Gasteiger charge is 2.37. The number of hydrogen-bond donors (Lipinski definition) is 1. The summed E-state index contributed by atoms with van der Waals surface area (Å²) in [4.78, 5) is -0.681. The Bertz CT molecular complexity index is 405. The fourth-order valence-electron chi connectivity index (χ4n) is 0.926. The van der Waals surface area contributed by atoms with E-state index in [9.17, 15) is 17.6 Å². The second kappa shape index (κ2) is 3.50. The van der Waals surface area contributed by atoms with Gasteiger partial charge in [0.05, 0.1) is 5.56 Å². The van der Waals surface area contributed by atoms with Crippen molar-refractivity contribution >= 4 is 12.6 Å². The molecule has 1 aromatic rings. The molecular formula is C8H3F4NS. The lowest BCUT2D eigenvalue weighted by atomic mass is 10.1. The number of nitrogens with zero attached hydrogens (tertiary/aromatic N) is 1. The number of rotatable bonds is 0. The van der Waals surface area contributed by atoms with Gasteiger partial charge in [0.2, 0.25) is 0 Å². The Balaban J connectivity index is 3.50. The third-order valence-electron chi connectivity index (χ3n) is 1.53. The normalized spacial score (nSPS) is 11.1. The van der Waals surface area contributed by atoms with Crippen molar-refractivity contribution in [1.29, 1.82) is 5.26 Å². The Morgan fingerprint density at radius 3 is 2.29 bits per heavy atom. The van der Waals surface area contributed by atoms with Crippen LogP contribution in [0.3, 0.4) is 0 Å². The quantitative estimate of drug-likeness (QED) is 0.528. The summed E-state index contributed by atoms with van der Waals surface area (Å²) in [7, 11) is 0. The molecule has 1 nitrogen and oxygen atoms in total. The zero-order chi connectivity index (χ0) is 10.9. The van der Waals surface area contributed by atoms with Gasteiger partial charge in [0.15, 0.2) is 0 Å². The van der Waals surface area contributed by atoms with Crippen molar-refractivity contribution in [2.45, 2.75) is 11.1 Å². The van der Waals surface area contributed by atoms with Gasteiger partial charge < -0.3 is 0 Å². The summed E-state index contributed by atoms with van der Waals surface area (Å²) in [6.07, 6.45) is -4.84. The molecule has 0 unspecified atom stereocenters. The topological polar surface area (TPSA) is 23.8 Å². The molecule has 0 aromatic heterocycles. The van der Waals surface area contributed by atoms with Crippen LogP contribution in [0.2, 0.25) is 0 Å². The first-order valence-corrected chi connectivity index (χ1v) is 3.81. The van der Waals surface area contributed by atoms with Crippen molar-refractivity contribution in [3.63, 3.8) is 0 Å². The van der Waals surface area contributed by atoms with Gasteiger partial charge in [-0.1, -0.05) is 0 Å². The van der Waals surface area contributed by atoms with E-state index in [4.69, 9.17) is 5.26 Å². The highest BCUT2D eigenvalue weighted by atomic mass is 32.1.